The Bertz CT molecular complexity index is 306. The molecule has 1 unspecified atom stereocenters. The molecule has 1 atom stereocenters. The van der Waals surface area contributed by atoms with Crippen molar-refractivity contribution in [3.05, 3.63) is 29.8 Å². The summed E-state index contributed by atoms with van der Waals surface area (Å²) in [4.78, 5) is 9.00. The number of nitrogens with two attached hydrogens (primary N) is 1. The van der Waals surface area contributed by atoms with Gasteiger partial charge in [-0.3, -0.25) is 4.79 Å². The van der Waals surface area contributed by atoms with E-state index >= 15 is 0 Å². The summed E-state index contributed by atoms with van der Waals surface area (Å²) in [6.07, 6.45) is -0.573. The number of aliphatic hydroxyl groups excluding tert-OH is 1. The summed E-state index contributed by atoms with van der Waals surface area (Å²) in [6.45, 7) is 1.33. The van der Waals surface area contributed by atoms with Crippen molar-refractivity contribution in [2.45, 2.75) is 13.0 Å². The lowest BCUT2D eigenvalue weighted by molar-refractivity contribution is -0.134. The molecule has 0 spiro atoms. The average Bonchev–Trinajstić information content (AvgIpc) is 2.27. The van der Waals surface area contributed by atoms with E-state index in [1.54, 1.807) is 31.4 Å². The van der Waals surface area contributed by atoms with Crippen LogP contribution in [0.5, 0.6) is 5.75 Å². The molecule has 0 aliphatic rings. The van der Waals surface area contributed by atoms with Gasteiger partial charge >= 0.3 is 0 Å². The number of ether oxygens (including phenoxy) is 1. The van der Waals surface area contributed by atoms with Gasteiger partial charge < -0.3 is 20.7 Å². The molecule has 90 valence electrons. The SMILES string of the molecule is CC(=O)O.COc1ccc(C(O)CN)cc1. The monoisotopic (exact) mass is 227 g/mol. The number of carboxylic acids is 1. The first-order valence-electron chi connectivity index (χ1n) is 4.72. The highest BCUT2D eigenvalue weighted by Gasteiger charge is 2.03. The van der Waals surface area contributed by atoms with Gasteiger partial charge in [0, 0.05) is 13.5 Å². The van der Waals surface area contributed by atoms with Gasteiger partial charge in [-0.2, -0.15) is 0 Å². The third kappa shape index (κ3) is 6.00. The molecule has 0 heterocycles. The van der Waals surface area contributed by atoms with Gasteiger partial charge in [-0.1, -0.05) is 12.1 Å². The lowest BCUT2D eigenvalue weighted by Gasteiger charge is -2.07. The Morgan fingerprint density at radius 2 is 1.88 bits per heavy atom. The lowest BCUT2D eigenvalue weighted by atomic mass is 10.1. The molecule has 0 aliphatic carbocycles. The maximum atomic E-state index is 9.33. The summed E-state index contributed by atoms with van der Waals surface area (Å²) in [5.74, 6) is -0.0528. The fourth-order valence-electron chi connectivity index (χ4n) is 0.962. The van der Waals surface area contributed by atoms with Gasteiger partial charge in [0.25, 0.3) is 5.97 Å². The van der Waals surface area contributed by atoms with Crippen LogP contribution in [0.4, 0.5) is 0 Å². The van der Waals surface area contributed by atoms with E-state index in [9.17, 15) is 5.11 Å². The second kappa shape index (κ2) is 7.67. The van der Waals surface area contributed by atoms with Crippen LogP contribution in [-0.4, -0.2) is 29.8 Å². The quantitative estimate of drug-likeness (QED) is 0.709. The first-order chi connectivity index (χ1) is 7.51. The third-order valence-electron chi connectivity index (χ3n) is 1.72. The molecule has 5 heteroatoms. The van der Waals surface area contributed by atoms with Crippen molar-refractivity contribution in [2.24, 2.45) is 5.73 Å². The zero-order valence-corrected chi connectivity index (χ0v) is 9.38. The van der Waals surface area contributed by atoms with Crippen LogP contribution in [0.25, 0.3) is 0 Å². The fraction of sp³-hybridized carbons (Fsp3) is 0.364. The molecule has 0 aliphatic heterocycles. The van der Waals surface area contributed by atoms with Crippen molar-refractivity contribution >= 4 is 5.97 Å². The number of aliphatic carboxylic acids is 1. The minimum Gasteiger partial charge on any atom is -0.497 e. The van der Waals surface area contributed by atoms with Crippen molar-refractivity contribution < 1.29 is 19.7 Å². The standard InChI is InChI=1S/C9H13NO2.C2H4O2/c1-12-8-4-2-7(3-5-8)9(11)6-10;1-2(3)4/h2-5,9,11H,6,10H2,1H3;1H3,(H,3,4). The van der Waals surface area contributed by atoms with Gasteiger partial charge in [0.15, 0.2) is 0 Å². The number of aliphatic hydroxyl groups is 1. The van der Waals surface area contributed by atoms with Gasteiger partial charge in [-0.25, -0.2) is 0 Å². The summed E-state index contributed by atoms with van der Waals surface area (Å²) in [5, 5.41) is 16.7. The molecule has 0 saturated carbocycles. The molecule has 5 nitrogen and oxygen atoms in total. The Balaban J connectivity index is 0.000000487. The fourth-order valence-corrected chi connectivity index (χ4v) is 0.962. The average molecular weight is 227 g/mol. The molecule has 0 bridgehead atoms. The van der Waals surface area contributed by atoms with Crippen molar-refractivity contribution in [2.75, 3.05) is 13.7 Å². The van der Waals surface area contributed by atoms with Crippen LogP contribution in [0.15, 0.2) is 24.3 Å². The Labute approximate surface area is 94.5 Å². The number of benzene rings is 1. The van der Waals surface area contributed by atoms with Gasteiger partial charge in [0.2, 0.25) is 0 Å². The van der Waals surface area contributed by atoms with Gasteiger partial charge in [0.05, 0.1) is 13.2 Å². The van der Waals surface area contributed by atoms with Gasteiger partial charge in [0.1, 0.15) is 5.75 Å². The van der Waals surface area contributed by atoms with Crippen molar-refractivity contribution in [1.82, 2.24) is 0 Å². The Hall–Kier alpha value is -1.59. The summed E-state index contributed by atoms with van der Waals surface area (Å²) in [6, 6.07) is 7.20. The maximum Gasteiger partial charge on any atom is 0.300 e. The van der Waals surface area contributed by atoms with Crippen LogP contribution < -0.4 is 10.5 Å². The number of rotatable bonds is 3. The van der Waals surface area contributed by atoms with E-state index in [1.807, 2.05) is 0 Å². The largest absolute Gasteiger partial charge is 0.497 e. The van der Waals surface area contributed by atoms with E-state index in [0.29, 0.717) is 0 Å². The van der Waals surface area contributed by atoms with E-state index in [-0.39, 0.29) is 6.54 Å². The van der Waals surface area contributed by atoms with Crippen LogP contribution in [-0.2, 0) is 4.79 Å². The van der Waals surface area contributed by atoms with Crippen molar-refractivity contribution in [1.29, 1.82) is 0 Å². The molecular formula is C11H17NO4. The molecule has 1 aromatic rings. The Morgan fingerprint density at radius 3 is 2.19 bits per heavy atom. The zero-order valence-electron chi connectivity index (χ0n) is 9.38. The van der Waals surface area contributed by atoms with E-state index in [4.69, 9.17) is 20.4 Å². The first kappa shape index (κ1) is 14.4. The number of carboxylic acid groups (broad SMARTS) is 1. The van der Waals surface area contributed by atoms with Crippen LogP contribution >= 0.6 is 0 Å². The van der Waals surface area contributed by atoms with Gasteiger partial charge in [-0.05, 0) is 17.7 Å². The minimum absolute atomic E-state index is 0.242. The normalized spacial score (nSPS) is 11.0. The number of hydrogen-bond acceptors (Lipinski definition) is 4. The van der Waals surface area contributed by atoms with Crippen molar-refractivity contribution in [3.8, 4) is 5.75 Å². The molecule has 16 heavy (non-hydrogen) atoms. The molecule has 4 N–H and O–H groups in total. The Kier molecular flexibility index (Phi) is 6.91. The summed E-state index contributed by atoms with van der Waals surface area (Å²) in [7, 11) is 1.61. The number of carbonyl (C=O) groups is 1. The van der Waals surface area contributed by atoms with Crippen LogP contribution in [0, 0.1) is 0 Å². The number of methoxy groups -OCH3 is 1. The summed E-state index contributed by atoms with van der Waals surface area (Å²) in [5.41, 5.74) is 6.11. The topological polar surface area (TPSA) is 92.8 Å². The van der Waals surface area contributed by atoms with Crippen molar-refractivity contribution in [3.63, 3.8) is 0 Å². The molecule has 0 fully saturated rings. The van der Waals surface area contributed by atoms with E-state index in [1.165, 1.54) is 0 Å². The summed E-state index contributed by atoms with van der Waals surface area (Å²) >= 11 is 0. The van der Waals surface area contributed by atoms with E-state index < -0.39 is 12.1 Å². The highest BCUT2D eigenvalue weighted by atomic mass is 16.5. The third-order valence-corrected chi connectivity index (χ3v) is 1.72. The predicted octanol–water partition coefficient (Wildman–Crippen LogP) is 0.778. The molecule has 1 rings (SSSR count). The smallest absolute Gasteiger partial charge is 0.300 e. The van der Waals surface area contributed by atoms with E-state index in [0.717, 1.165) is 18.2 Å². The predicted molar refractivity (Wildman–Crippen MR) is 60.3 cm³/mol. The molecule has 0 aromatic heterocycles. The second-order valence-electron chi connectivity index (χ2n) is 3.04. The molecule has 0 radical (unpaired) electrons. The highest BCUT2D eigenvalue weighted by molar-refractivity contribution is 5.62. The maximum absolute atomic E-state index is 9.33. The minimum atomic E-state index is -0.833. The zero-order chi connectivity index (χ0) is 12.6. The second-order valence-corrected chi connectivity index (χ2v) is 3.04. The van der Waals surface area contributed by atoms with Crippen LogP contribution in [0.2, 0.25) is 0 Å². The molecule has 0 amide bonds. The molecular weight excluding hydrogens is 210 g/mol. The lowest BCUT2D eigenvalue weighted by Crippen LogP contribution is -2.11. The van der Waals surface area contributed by atoms with E-state index in [2.05, 4.69) is 0 Å². The Morgan fingerprint density at radius 1 is 1.44 bits per heavy atom. The first-order valence-corrected chi connectivity index (χ1v) is 4.72. The number of hydrogen-bond donors (Lipinski definition) is 3. The summed E-state index contributed by atoms with van der Waals surface area (Å²) < 4.78 is 4.97. The van der Waals surface area contributed by atoms with Gasteiger partial charge in [-0.15, -0.1) is 0 Å². The highest BCUT2D eigenvalue weighted by Crippen LogP contribution is 2.16. The van der Waals surface area contributed by atoms with Crippen LogP contribution in [0.1, 0.15) is 18.6 Å². The van der Waals surface area contributed by atoms with Crippen LogP contribution in [0.3, 0.4) is 0 Å². The molecule has 0 saturated heterocycles. The molecule has 1 aromatic carbocycles.